The molecule has 4 nitrogen and oxygen atoms in total. The quantitative estimate of drug-likeness (QED) is 0.610. The minimum absolute atomic E-state index is 0.274. The summed E-state index contributed by atoms with van der Waals surface area (Å²) in [5, 5.41) is 4.55. The van der Waals surface area contributed by atoms with Crippen LogP contribution in [0.25, 0.3) is 16.9 Å². The van der Waals surface area contributed by atoms with E-state index in [0.29, 0.717) is 0 Å². The lowest BCUT2D eigenvalue weighted by Gasteiger charge is -2.46. The van der Waals surface area contributed by atoms with Crippen LogP contribution in [0.15, 0.2) is 79.0 Å². The normalized spacial score (nSPS) is 22.3. The number of benzene rings is 2. The first kappa shape index (κ1) is 15.3. The number of rotatable bonds is 3. The van der Waals surface area contributed by atoms with E-state index in [1.165, 1.54) is 5.56 Å². The van der Waals surface area contributed by atoms with Crippen LogP contribution in [0, 0.1) is 0 Å². The second kappa shape index (κ2) is 5.78. The van der Waals surface area contributed by atoms with Gasteiger partial charge in [0.25, 0.3) is 0 Å². The topological polar surface area (TPSA) is 56.2 Å². The second-order valence-electron chi connectivity index (χ2n) is 7.01. The predicted octanol–water partition coefficient (Wildman–Crippen LogP) is 4.13. The Kier molecular flexibility index (Phi) is 3.40. The van der Waals surface area contributed by atoms with Crippen molar-refractivity contribution in [3.05, 3.63) is 90.3 Å². The molecule has 4 aromatic rings. The van der Waals surface area contributed by atoms with Crippen molar-refractivity contribution in [2.24, 2.45) is 5.73 Å². The first-order chi connectivity index (χ1) is 12.8. The van der Waals surface area contributed by atoms with Gasteiger partial charge < -0.3 is 5.73 Å². The number of fused-ring (bicyclic) bond motifs is 1. The summed E-state index contributed by atoms with van der Waals surface area (Å²) in [6.07, 6.45) is 3.80. The summed E-state index contributed by atoms with van der Waals surface area (Å²) in [6, 6.07) is 24.8. The van der Waals surface area contributed by atoms with Gasteiger partial charge in [0.05, 0.1) is 16.9 Å². The van der Waals surface area contributed by atoms with Crippen LogP contribution in [-0.2, 0) is 5.54 Å². The van der Waals surface area contributed by atoms with Crippen molar-refractivity contribution < 1.29 is 0 Å². The Bertz CT molecular complexity index is 1060. The third-order valence-corrected chi connectivity index (χ3v) is 5.55. The molecule has 128 valence electrons. The first-order valence-corrected chi connectivity index (χ1v) is 9.01. The molecule has 0 amide bonds. The fourth-order valence-corrected chi connectivity index (χ4v) is 4.10. The number of hydrogen-bond acceptors (Lipinski definition) is 3. The van der Waals surface area contributed by atoms with Gasteiger partial charge in [0.15, 0.2) is 5.65 Å². The maximum absolute atomic E-state index is 7.00. The van der Waals surface area contributed by atoms with E-state index in [9.17, 15) is 0 Å². The molecule has 0 bridgehead atoms. The van der Waals surface area contributed by atoms with Crippen LogP contribution in [0.2, 0.25) is 0 Å². The molecule has 2 unspecified atom stereocenters. The van der Waals surface area contributed by atoms with E-state index < -0.39 is 5.54 Å². The zero-order valence-electron chi connectivity index (χ0n) is 14.4. The molecule has 4 heteroatoms. The van der Waals surface area contributed by atoms with Crippen molar-refractivity contribution in [2.75, 3.05) is 0 Å². The van der Waals surface area contributed by atoms with Gasteiger partial charge in [-0.15, -0.1) is 0 Å². The smallest absolute Gasteiger partial charge is 0.154 e. The van der Waals surface area contributed by atoms with Gasteiger partial charge >= 0.3 is 0 Å². The Morgan fingerprint density at radius 2 is 1.65 bits per heavy atom. The van der Waals surface area contributed by atoms with Gasteiger partial charge in [-0.3, -0.25) is 0 Å². The molecule has 1 saturated carbocycles. The van der Waals surface area contributed by atoms with Crippen molar-refractivity contribution >= 4 is 5.65 Å². The molecule has 2 aromatic carbocycles. The van der Waals surface area contributed by atoms with Crippen LogP contribution in [0.5, 0.6) is 0 Å². The van der Waals surface area contributed by atoms with Gasteiger partial charge in [-0.25, -0.2) is 9.50 Å². The molecule has 0 aliphatic heterocycles. The van der Waals surface area contributed by atoms with Gasteiger partial charge in [0, 0.05) is 17.7 Å². The zero-order valence-corrected chi connectivity index (χ0v) is 14.4. The third-order valence-electron chi connectivity index (χ3n) is 5.55. The highest BCUT2D eigenvalue weighted by Crippen LogP contribution is 2.52. The third kappa shape index (κ3) is 2.19. The minimum atomic E-state index is -0.472. The van der Waals surface area contributed by atoms with Crippen LogP contribution in [0.4, 0.5) is 0 Å². The molecule has 2 N–H and O–H groups in total. The predicted molar refractivity (Wildman–Crippen MR) is 103 cm³/mol. The van der Waals surface area contributed by atoms with E-state index >= 15 is 0 Å². The average Bonchev–Trinajstić information content (AvgIpc) is 3.08. The lowest BCUT2D eigenvalue weighted by molar-refractivity contribution is 0.194. The van der Waals surface area contributed by atoms with E-state index in [1.807, 2.05) is 40.9 Å². The summed E-state index contributed by atoms with van der Waals surface area (Å²) in [4.78, 5) is 4.93. The molecule has 1 aliphatic carbocycles. The molecule has 0 saturated heterocycles. The van der Waals surface area contributed by atoms with E-state index in [0.717, 1.165) is 35.4 Å². The first-order valence-electron chi connectivity index (χ1n) is 9.01. The average molecular weight is 340 g/mol. The highest BCUT2D eigenvalue weighted by Gasteiger charge is 2.49. The van der Waals surface area contributed by atoms with Crippen LogP contribution < -0.4 is 5.73 Å². The zero-order chi connectivity index (χ0) is 17.6. The molecule has 2 aromatic heterocycles. The highest BCUT2D eigenvalue weighted by atomic mass is 15.3. The molecular formula is C22H20N4. The summed E-state index contributed by atoms with van der Waals surface area (Å²) in [7, 11) is 0. The summed E-state index contributed by atoms with van der Waals surface area (Å²) in [5.41, 5.74) is 11.7. The Morgan fingerprint density at radius 3 is 2.35 bits per heavy atom. The molecule has 1 aliphatic rings. The van der Waals surface area contributed by atoms with Gasteiger partial charge in [-0.2, -0.15) is 5.10 Å². The van der Waals surface area contributed by atoms with E-state index in [2.05, 4.69) is 41.5 Å². The monoisotopic (exact) mass is 340 g/mol. The Hall–Kier alpha value is -2.98. The molecule has 26 heavy (non-hydrogen) atoms. The number of nitrogens with two attached hydrogens (primary N) is 1. The van der Waals surface area contributed by atoms with Gasteiger partial charge in [0.2, 0.25) is 0 Å². The Balaban J connectivity index is 1.72. The van der Waals surface area contributed by atoms with Crippen LogP contribution >= 0.6 is 0 Å². The lowest BCUT2D eigenvalue weighted by Crippen LogP contribution is -2.51. The van der Waals surface area contributed by atoms with Crippen molar-refractivity contribution in [3.8, 4) is 11.3 Å². The van der Waals surface area contributed by atoms with E-state index in [4.69, 9.17) is 10.7 Å². The summed E-state index contributed by atoms with van der Waals surface area (Å²) in [6.45, 7) is 0. The molecule has 2 atom stereocenters. The molecule has 0 radical (unpaired) electrons. The molecule has 0 spiro atoms. The lowest BCUT2D eigenvalue weighted by atomic mass is 9.62. The van der Waals surface area contributed by atoms with Crippen molar-refractivity contribution in [2.45, 2.75) is 24.3 Å². The highest BCUT2D eigenvalue weighted by molar-refractivity contribution is 5.68. The second-order valence-corrected chi connectivity index (χ2v) is 7.01. The summed E-state index contributed by atoms with van der Waals surface area (Å²) >= 11 is 0. The van der Waals surface area contributed by atoms with Crippen molar-refractivity contribution in [1.82, 2.24) is 14.6 Å². The number of nitrogens with zero attached hydrogens (tertiary/aromatic N) is 3. The Labute approximate surface area is 152 Å². The largest absolute Gasteiger partial charge is 0.320 e. The van der Waals surface area contributed by atoms with E-state index in [-0.39, 0.29) is 5.92 Å². The summed E-state index contributed by atoms with van der Waals surface area (Å²) in [5.74, 6) is 0.274. The fraction of sp³-hybridized carbons (Fsp3) is 0.182. The number of hydrogen-bond donors (Lipinski definition) is 1. The molecular weight excluding hydrogens is 320 g/mol. The maximum Gasteiger partial charge on any atom is 0.154 e. The van der Waals surface area contributed by atoms with Gasteiger partial charge in [-0.05, 0) is 30.5 Å². The van der Waals surface area contributed by atoms with Gasteiger partial charge in [-0.1, -0.05) is 60.7 Å². The fourth-order valence-electron chi connectivity index (χ4n) is 4.10. The van der Waals surface area contributed by atoms with E-state index in [1.54, 1.807) is 6.20 Å². The molecule has 2 heterocycles. The van der Waals surface area contributed by atoms with Crippen molar-refractivity contribution in [1.29, 1.82) is 0 Å². The number of imidazole rings is 1. The van der Waals surface area contributed by atoms with Crippen LogP contribution in [0.3, 0.4) is 0 Å². The number of aromatic nitrogens is 3. The minimum Gasteiger partial charge on any atom is -0.320 e. The Morgan fingerprint density at radius 1 is 0.923 bits per heavy atom. The molecule has 5 rings (SSSR count). The van der Waals surface area contributed by atoms with Gasteiger partial charge in [0.1, 0.15) is 0 Å². The standard InChI is InChI=1S/C22H20N4/c23-22(14-13-18(22)16-8-3-1-4-9-16)21-20(17-10-5-2-6-11-17)26-19(25-21)12-7-15-24-26/h1-12,15,18H,13-14,23H2. The van der Waals surface area contributed by atoms with Crippen molar-refractivity contribution in [3.63, 3.8) is 0 Å². The van der Waals surface area contributed by atoms with Crippen LogP contribution in [-0.4, -0.2) is 14.6 Å². The maximum atomic E-state index is 7.00. The SMILES string of the molecule is NC1(c2nc3cccnn3c2-c2ccccc2)CCC1c1ccccc1. The summed E-state index contributed by atoms with van der Waals surface area (Å²) < 4.78 is 1.92. The van der Waals surface area contributed by atoms with Crippen LogP contribution in [0.1, 0.15) is 30.0 Å². The molecule has 1 fully saturated rings.